The molecule has 0 bridgehead atoms. The smallest absolute Gasteiger partial charge is 0.276 e. The Bertz CT molecular complexity index is 1210. The first-order valence-corrected chi connectivity index (χ1v) is 9.94. The molecule has 1 amide bonds. The van der Waals surface area contributed by atoms with Gasteiger partial charge in [-0.3, -0.25) is 14.7 Å². The summed E-state index contributed by atoms with van der Waals surface area (Å²) >= 11 is 7.80. The van der Waals surface area contributed by atoms with Crippen molar-refractivity contribution in [1.82, 2.24) is 19.9 Å². The van der Waals surface area contributed by atoms with Crippen LogP contribution in [0, 0.1) is 6.92 Å². The Labute approximate surface area is 169 Å². The van der Waals surface area contributed by atoms with Crippen LogP contribution in [0.3, 0.4) is 0 Å². The highest BCUT2D eigenvalue weighted by Crippen LogP contribution is 2.19. The van der Waals surface area contributed by atoms with Crippen LogP contribution < -0.4 is 10.9 Å². The molecule has 0 saturated heterocycles. The third-order valence-electron chi connectivity index (χ3n) is 4.54. The number of fused-ring (bicyclic) bond motifs is 1. The Morgan fingerprint density at radius 3 is 2.86 bits per heavy atom. The first kappa shape index (κ1) is 18.5. The van der Waals surface area contributed by atoms with Gasteiger partial charge in [-0.25, -0.2) is 9.50 Å². The zero-order valence-corrected chi connectivity index (χ0v) is 16.6. The summed E-state index contributed by atoms with van der Waals surface area (Å²) in [7, 11) is 0. The second kappa shape index (κ2) is 7.61. The summed E-state index contributed by atoms with van der Waals surface area (Å²) in [4.78, 5) is 31.1. The lowest BCUT2D eigenvalue weighted by Gasteiger charge is -2.08. The number of aryl methyl sites for hydroxylation is 1. The van der Waals surface area contributed by atoms with Crippen molar-refractivity contribution in [2.75, 3.05) is 0 Å². The molecule has 0 radical (unpaired) electrons. The maximum absolute atomic E-state index is 13.0. The molecule has 0 spiro atoms. The van der Waals surface area contributed by atoms with Crippen molar-refractivity contribution in [3.63, 3.8) is 0 Å². The molecule has 28 heavy (non-hydrogen) atoms. The lowest BCUT2D eigenvalue weighted by Crippen LogP contribution is -2.25. The number of aromatic amines is 1. The van der Waals surface area contributed by atoms with Gasteiger partial charge in [0.15, 0.2) is 5.65 Å². The second-order valence-electron chi connectivity index (χ2n) is 6.36. The summed E-state index contributed by atoms with van der Waals surface area (Å²) in [6, 6.07) is 11.3. The van der Waals surface area contributed by atoms with Gasteiger partial charge in [-0.2, -0.15) is 0 Å². The van der Waals surface area contributed by atoms with Crippen LogP contribution in [0.1, 0.15) is 32.1 Å². The number of hydrogen-bond donors (Lipinski definition) is 2. The molecule has 3 heterocycles. The third-order valence-corrected chi connectivity index (χ3v) is 5.78. The number of rotatable bonds is 5. The van der Waals surface area contributed by atoms with Gasteiger partial charge in [0.05, 0.1) is 6.54 Å². The number of benzene rings is 1. The fourth-order valence-electron chi connectivity index (χ4n) is 3.03. The Kier molecular flexibility index (Phi) is 5.02. The van der Waals surface area contributed by atoms with Crippen LogP contribution in [0.5, 0.6) is 0 Å². The number of aromatic nitrogens is 3. The molecule has 0 fully saturated rings. The summed E-state index contributed by atoms with van der Waals surface area (Å²) in [5.41, 5.74) is 2.39. The van der Waals surface area contributed by atoms with E-state index < -0.39 is 0 Å². The van der Waals surface area contributed by atoms with E-state index in [1.54, 1.807) is 24.3 Å². The van der Waals surface area contributed by atoms with Gasteiger partial charge >= 0.3 is 0 Å². The molecule has 0 atom stereocenters. The van der Waals surface area contributed by atoms with E-state index in [9.17, 15) is 9.59 Å². The molecular formula is C20H17ClN4O2S. The lowest BCUT2D eigenvalue weighted by molar-refractivity contribution is 0.0952. The van der Waals surface area contributed by atoms with Crippen molar-refractivity contribution >= 4 is 34.5 Å². The van der Waals surface area contributed by atoms with E-state index in [4.69, 9.17) is 11.6 Å². The number of halogens is 1. The van der Waals surface area contributed by atoms with Gasteiger partial charge in [-0.05, 0) is 30.0 Å². The average molecular weight is 413 g/mol. The number of amides is 1. The minimum absolute atomic E-state index is 0.236. The Hall–Kier alpha value is -2.90. The lowest BCUT2D eigenvalue weighted by atomic mass is 10.0. The van der Waals surface area contributed by atoms with E-state index in [1.165, 1.54) is 10.7 Å². The van der Waals surface area contributed by atoms with Gasteiger partial charge in [0.1, 0.15) is 5.56 Å². The van der Waals surface area contributed by atoms with E-state index in [0.717, 1.165) is 10.4 Å². The average Bonchev–Trinajstić information content (AvgIpc) is 3.34. The Morgan fingerprint density at radius 2 is 2.11 bits per heavy atom. The quantitative estimate of drug-likeness (QED) is 0.526. The number of nitrogens with one attached hydrogen (secondary N) is 2. The molecule has 0 aliphatic carbocycles. The van der Waals surface area contributed by atoms with Gasteiger partial charge in [-0.15, -0.1) is 11.3 Å². The molecule has 0 unspecified atom stereocenters. The Morgan fingerprint density at radius 1 is 1.29 bits per heavy atom. The zero-order chi connectivity index (χ0) is 19.7. The number of nitrogens with zero attached hydrogens (tertiary/aromatic N) is 2. The van der Waals surface area contributed by atoms with Crippen LogP contribution in [0.25, 0.3) is 5.65 Å². The Balaban J connectivity index is 1.66. The number of thiophene rings is 1. The molecule has 8 heteroatoms. The summed E-state index contributed by atoms with van der Waals surface area (Å²) in [5, 5.41) is 8.27. The second-order valence-corrected chi connectivity index (χ2v) is 7.80. The fourth-order valence-corrected chi connectivity index (χ4v) is 3.88. The predicted octanol–water partition coefficient (Wildman–Crippen LogP) is 3.57. The molecule has 2 N–H and O–H groups in total. The number of H-pyrrole nitrogens is 1. The molecule has 3 aromatic heterocycles. The van der Waals surface area contributed by atoms with E-state index in [-0.39, 0.29) is 11.5 Å². The first-order chi connectivity index (χ1) is 13.5. The van der Waals surface area contributed by atoms with E-state index in [0.29, 0.717) is 40.5 Å². The number of carbonyl (C=O) groups is 1. The van der Waals surface area contributed by atoms with E-state index >= 15 is 0 Å². The van der Waals surface area contributed by atoms with Crippen molar-refractivity contribution in [2.45, 2.75) is 19.9 Å². The van der Waals surface area contributed by atoms with Gasteiger partial charge in [0, 0.05) is 33.8 Å². The molecule has 0 aliphatic rings. The highest BCUT2D eigenvalue weighted by Gasteiger charge is 2.18. The van der Waals surface area contributed by atoms with E-state index in [1.807, 2.05) is 35.7 Å². The molecule has 0 saturated carbocycles. The molecular weight excluding hydrogens is 396 g/mol. The monoisotopic (exact) mass is 412 g/mol. The summed E-state index contributed by atoms with van der Waals surface area (Å²) in [5.74, 6) is -0.280. The molecule has 0 aliphatic heterocycles. The van der Waals surface area contributed by atoms with Crippen LogP contribution in [-0.2, 0) is 13.0 Å². The van der Waals surface area contributed by atoms with Crippen LogP contribution in [0.2, 0.25) is 5.02 Å². The molecule has 4 aromatic rings. The van der Waals surface area contributed by atoms with Crippen LogP contribution in [0.4, 0.5) is 0 Å². The molecule has 142 valence electrons. The minimum Gasteiger partial charge on any atom is -0.347 e. The molecule has 6 nitrogen and oxygen atoms in total. The highest BCUT2D eigenvalue weighted by atomic mass is 35.5. The van der Waals surface area contributed by atoms with Crippen LogP contribution in [0.15, 0.2) is 52.8 Å². The highest BCUT2D eigenvalue weighted by molar-refractivity contribution is 7.09. The van der Waals surface area contributed by atoms with Crippen molar-refractivity contribution in [1.29, 1.82) is 0 Å². The van der Waals surface area contributed by atoms with Crippen molar-refractivity contribution in [2.24, 2.45) is 0 Å². The van der Waals surface area contributed by atoms with Crippen LogP contribution in [-0.4, -0.2) is 20.5 Å². The summed E-state index contributed by atoms with van der Waals surface area (Å²) in [6.45, 7) is 2.20. The third kappa shape index (κ3) is 3.46. The van der Waals surface area contributed by atoms with Gasteiger partial charge in [0.25, 0.3) is 11.5 Å². The van der Waals surface area contributed by atoms with Crippen molar-refractivity contribution in [3.05, 3.63) is 90.6 Å². The zero-order valence-electron chi connectivity index (χ0n) is 15.0. The van der Waals surface area contributed by atoms with Crippen LogP contribution >= 0.6 is 22.9 Å². The first-order valence-electron chi connectivity index (χ1n) is 8.68. The predicted molar refractivity (Wildman–Crippen MR) is 110 cm³/mol. The largest absolute Gasteiger partial charge is 0.347 e. The van der Waals surface area contributed by atoms with E-state index in [2.05, 4.69) is 15.4 Å². The minimum atomic E-state index is -0.280. The number of carbonyl (C=O) groups excluding carboxylic acids is 1. The molecule has 4 rings (SSSR count). The summed E-state index contributed by atoms with van der Waals surface area (Å²) in [6.07, 6.45) is 1.88. The standard InChI is InChI=1S/C20H17ClN4O2S/c1-12-15(9-13-5-2-3-7-17(13)21)20(27)25-18(24-12)16(11-23-25)19(26)22-10-14-6-4-8-28-14/h2-8,11,23H,9-10H2,1H3,(H,22,26). The topological polar surface area (TPSA) is 79.3 Å². The normalized spacial score (nSPS) is 11.1. The molecule has 1 aromatic carbocycles. The van der Waals surface area contributed by atoms with Gasteiger partial charge in [0.2, 0.25) is 0 Å². The van der Waals surface area contributed by atoms with Crippen molar-refractivity contribution in [3.8, 4) is 0 Å². The number of hydrogen-bond acceptors (Lipinski definition) is 4. The fraction of sp³-hybridized carbons (Fsp3) is 0.150. The maximum Gasteiger partial charge on any atom is 0.276 e. The SMILES string of the molecule is Cc1nc2c(C(=O)NCc3cccs3)c[nH]n2c(=O)c1Cc1ccccc1Cl. The summed E-state index contributed by atoms with van der Waals surface area (Å²) < 4.78 is 1.30. The van der Waals surface area contributed by atoms with Gasteiger partial charge < -0.3 is 5.32 Å². The van der Waals surface area contributed by atoms with Gasteiger partial charge in [-0.1, -0.05) is 35.9 Å². The maximum atomic E-state index is 13.0. The van der Waals surface area contributed by atoms with Crippen molar-refractivity contribution < 1.29 is 4.79 Å².